The summed E-state index contributed by atoms with van der Waals surface area (Å²) in [4.78, 5) is 1.57. The first-order valence-electron chi connectivity index (χ1n) is 17.0. The van der Waals surface area contributed by atoms with Gasteiger partial charge in [0.05, 0.1) is 54.0 Å². The molecule has 0 saturated carbocycles. The van der Waals surface area contributed by atoms with Gasteiger partial charge in [-0.05, 0) is 85.7 Å². The lowest BCUT2D eigenvalue weighted by Crippen LogP contribution is -2.06. The molecule has 278 valence electrons. The summed E-state index contributed by atoms with van der Waals surface area (Å²) in [5.41, 5.74) is 6.41. The summed E-state index contributed by atoms with van der Waals surface area (Å²) in [5, 5.41) is 13.8. The molecule has 0 unspecified atom stereocenters. The van der Waals surface area contributed by atoms with Gasteiger partial charge in [0.1, 0.15) is 24.7 Å². The molecule has 0 spiro atoms. The number of fused-ring (bicyclic) bond motifs is 6. The summed E-state index contributed by atoms with van der Waals surface area (Å²) in [6.45, 7) is 0.620. The van der Waals surface area contributed by atoms with Crippen LogP contribution in [0, 0.1) is 0 Å². The van der Waals surface area contributed by atoms with E-state index in [1.54, 1.807) is 40.3 Å². The van der Waals surface area contributed by atoms with Crippen LogP contribution < -0.4 is 9.47 Å². The van der Waals surface area contributed by atoms with Gasteiger partial charge < -0.3 is 9.47 Å². The third-order valence-electron chi connectivity index (χ3n) is 9.08. The van der Waals surface area contributed by atoms with E-state index in [1.807, 2.05) is 34.3 Å². The Hall–Kier alpha value is -3.59. The zero-order valence-corrected chi connectivity index (χ0v) is 33.7. The molecule has 4 aromatic heterocycles. The van der Waals surface area contributed by atoms with Gasteiger partial charge in [0, 0.05) is 27.2 Å². The monoisotopic (exact) mass is 858 g/mol. The van der Waals surface area contributed by atoms with Crippen molar-refractivity contribution in [1.29, 1.82) is 0 Å². The first-order valence-corrected chi connectivity index (χ1v) is 21.6. The molecule has 54 heavy (non-hydrogen) atoms. The third kappa shape index (κ3) is 7.38. The molecule has 2 aliphatic heterocycles. The van der Waals surface area contributed by atoms with Crippen LogP contribution in [0.4, 0.5) is 0 Å². The number of aromatic nitrogens is 4. The van der Waals surface area contributed by atoms with E-state index in [-0.39, 0.29) is 10.8 Å². The molecule has 9 nitrogen and oxygen atoms in total. The predicted molar refractivity (Wildman–Crippen MR) is 218 cm³/mol. The highest BCUT2D eigenvalue weighted by Crippen LogP contribution is 2.48. The molecule has 0 aliphatic carbocycles. The summed E-state index contributed by atoms with van der Waals surface area (Å²) in [6, 6.07) is 13.9. The van der Waals surface area contributed by atoms with Gasteiger partial charge in [-0.15, -0.1) is 22.7 Å². The molecule has 2 aliphatic rings. The SMILES string of the molecule is O=S(=O)(O)c1cc2c(s1)-c1c(c(/C=C/CCCCCC/C=C/c3nn(-c4ccc(Cl)cc4Cl)c4c3COc3ccsc3-4)nn1-c1ccc(Cl)cc1Cl)CO2. The lowest BCUT2D eigenvalue weighted by Gasteiger charge is -2.16. The van der Waals surface area contributed by atoms with Crippen molar-refractivity contribution >= 4 is 91.3 Å². The quantitative estimate of drug-likeness (QED) is 0.0964. The standard InChI is InChI=1S/C38H30Cl4N4O5S3/c39-22-11-13-30(26(41)17-22)45-35-24(20-50-32-15-16-52-37(32)35)28(43-45)9-7-5-3-1-2-4-6-8-10-29-25-21-51-33-19-34(54(47,48)49)53-38(33)36(25)46(44-29)31-14-12-23(40)18-27(31)42/h7-19H,1-6,20-21H2,(H,47,48,49)/b9-7+,10-8+. The van der Waals surface area contributed by atoms with Gasteiger partial charge in [0.2, 0.25) is 0 Å². The molecule has 2 aromatic carbocycles. The molecular formula is C38H30Cl4N4O5S3. The van der Waals surface area contributed by atoms with Crippen molar-refractivity contribution < 1.29 is 22.4 Å². The Morgan fingerprint density at radius 2 is 1.26 bits per heavy atom. The number of hydrogen-bond acceptors (Lipinski definition) is 8. The smallest absolute Gasteiger partial charge is 0.304 e. The number of unbranched alkanes of at least 4 members (excludes halogenated alkanes) is 5. The van der Waals surface area contributed by atoms with Gasteiger partial charge in [-0.2, -0.15) is 18.6 Å². The van der Waals surface area contributed by atoms with Crippen LogP contribution in [0.1, 0.15) is 61.0 Å². The largest absolute Gasteiger partial charge is 0.487 e. The van der Waals surface area contributed by atoms with Crippen LogP contribution in [0.15, 0.2) is 70.3 Å². The van der Waals surface area contributed by atoms with Crippen molar-refractivity contribution in [3.8, 4) is 44.0 Å². The third-order valence-corrected chi connectivity index (χ3v) is 13.5. The van der Waals surface area contributed by atoms with Crippen molar-refractivity contribution in [1.82, 2.24) is 19.6 Å². The molecule has 6 heterocycles. The normalized spacial score (nSPS) is 13.5. The van der Waals surface area contributed by atoms with Crippen molar-refractivity contribution in [3.05, 3.63) is 109 Å². The highest BCUT2D eigenvalue weighted by atomic mass is 35.5. The van der Waals surface area contributed by atoms with Crippen molar-refractivity contribution in [2.75, 3.05) is 0 Å². The number of nitrogens with zero attached hydrogens (tertiary/aromatic N) is 4. The van der Waals surface area contributed by atoms with Crippen LogP contribution in [0.3, 0.4) is 0 Å². The van der Waals surface area contributed by atoms with E-state index in [0.29, 0.717) is 54.4 Å². The minimum Gasteiger partial charge on any atom is -0.487 e. The number of hydrogen-bond donors (Lipinski definition) is 1. The van der Waals surface area contributed by atoms with Gasteiger partial charge in [0.15, 0.2) is 4.21 Å². The summed E-state index contributed by atoms with van der Waals surface area (Å²) in [7, 11) is -4.42. The molecular weight excluding hydrogens is 830 g/mol. The van der Waals surface area contributed by atoms with Gasteiger partial charge >= 0.3 is 10.1 Å². The molecule has 0 amide bonds. The molecule has 0 saturated heterocycles. The summed E-state index contributed by atoms with van der Waals surface area (Å²) >= 11 is 28.1. The molecule has 0 radical (unpaired) electrons. The van der Waals surface area contributed by atoms with Crippen molar-refractivity contribution in [2.45, 2.75) is 55.9 Å². The summed E-state index contributed by atoms with van der Waals surface area (Å²) < 4.78 is 48.9. The fourth-order valence-corrected chi connectivity index (χ4v) is 10.2. The van der Waals surface area contributed by atoms with Crippen LogP contribution in [0.2, 0.25) is 20.1 Å². The van der Waals surface area contributed by atoms with Crippen LogP contribution in [-0.2, 0) is 23.3 Å². The van der Waals surface area contributed by atoms with E-state index in [2.05, 4.69) is 18.2 Å². The second kappa shape index (κ2) is 15.5. The Bertz CT molecular complexity index is 2570. The number of rotatable bonds is 12. The molecule has 0 fully saturated rings. The average molecular weight is 861 g/mol. The zero-order valence-electron chi connectivity index (χ0n) is 28.3. The van der Waals surface area contributed by atoms with Crippen LogP contribution in [0.5, 0.6) is 11.5 Å². The Labute approximate surface area is 339 Å². The zero-order chi connectivity index (χ0) is 37.6. The van der Waals surface area contributed by atoms with E-state index < -0.39 is 10.1 Å². The lowest BCUT2D eigenvalue weighted by molar-refractivity contribution is 0.303. The maximum absolute atomic E-state index is 11.9. The Morgan fingerprint density at radius 3 is 1.80 bits per heavy atom. The van der Waals surface area contributed by atoms with E-state index >= 15 is 0 Å². The number of benzene rings is 2. The highest BCUT2D eigenvalue weighted by Gasteiger charge is 2.32. The fraction of sp³-hybridized carbons (Fsp3) is 0.211. The summed E-state index contributed by atoms with van der Waals surface area (Å²) in [5.74, 6) is 1.21. The van der Waals surface area contributed by atoms with Gasteiger partial charge in [0.25, 0.3) is 0 Å². The molecule has 16 heteroatoms. The van der Waals surface area contributed by atoms with E-state index in [4.69, 9.17) is 66.1 Å². The highest BCUT2D eigenvalue weighted by molar-refractivity contribution is 7.88. The summed E-state index contributed by atoms with van der Waals surface area (Å²) in [6.07, 6.45) is 14.3. The van der Waals surface area contributed by atoms with Crippen molar-refractivity contribution in [2.24, 2.45) is 0 Å². The predicted octanol–water partition coefficient (Wildman–Crippen LogP) is 12.2. The number of halogens is 4. The average Bonchev–Trinajstić information content (AvgIpc) is 3.93. The van der Waals surface area contributed by atoms with E-state index in [9.17, 15) is 13.0 Å². The maximum atomic E-state index is 11.9. The van der Waals surface area contributed by atoms with Gasteiger partial charge in [-0.25, -0.2) is 9.36 Å². The Morgan fingerprint density at radius 1 is 0.722 bits per heavy atom. The fourth-order valence-electron chi connectivity index (χ4n) is 6.51. The second-order valence-corrected chi connectivity index (χ2v) is 18.0. The van der Waals surface area contributed by atoms with Crippen LogP contribution >= 0.6 is 69.1 Å². The number of allylic oxidation sites excluding steroid dienone is 2. The number of thiophene rings is 2. The van der Waals surface area contributed by atoms with E-state index in [0.717, 1.165) is 88.7 Å². The minimum atomic E-state index is -4.42. The Balaban J connectivity index is 0.906. The maximum Gasteiger partial charge on any atom is 0.304 e. The van der Waals surface area contributed by atoms with Crippen molar-refractivity contribution in [3.63, 3.8) is 0 Å². The Kier molecular flexibility index (Phi) is 10.7. The molecule has 0 atom stereocenters. The minimum absolute atomic E-state index is 0.183. The van der Waals surface area contributed by atoms with Gasteiger partial charge in [-0.3, -0.25) is 4.55 Å². The van der Waals surface area contributed by atoms with Gasteiger partial charge in [-0.1, -0.05) is 71.4 Å². The first-order chi connectivity index (χ1) is 26.1. The molecule has 8 rings (SSSR count). The molecule has 0 bridgehead atoms. The lowest BCUT2D eigenvalue weighted by atomic mass is 10.1. The number of ether oxygens (including phenoxy) is 2. The van der Waals surface area contributed by atoms with E-state index in [1.165, 1.54) is 6.07 Å². The van der Waals surface area contributed by atoms with Crippen LogP contribution in [0.25, 0.3) is 44.7 Å². The topological polar surface area (TPSA) is 108 Å². The van der Waals surface area contributed by atoms with Crippen LogP contribution in [-0.4, -0.2) is 32.5 Å². The second-order valence-electron chi connectivity index (χ2n) is 12.7. The first kappa shape index (κ1) is 37.3. The molecule has 1 N–H and O–H groups in total. The molecule has 6 aromatic rings.